The molecule has 6 nitrogen and oxygen atoms in total. The van der Waals surface area contributed by atoms with Crippen molar-refractivity contribution in [3.63, 3.8) is 0 Å². The molecule has 0 radical (unpaired) electrons. The number of guanidine groups is 1. The number of hydrogen-bond acceptors (Lipinski definition) is 4. The van der Waals surface area contributed by atoms with Crippen LogP contribution in [0, 0.1) is 5.41 Å². The monoisotopic (exact) mass is 337 g/mol. The summed E-state index contributed by atoms with van der Waals surface area (Å²) < 4.78 is 5.35. The van der Waals surface area contributed by atoms with Gasteiger partial charge in [-0.05, 0) is 45.4 Å². The second-order valence-corrected chi connectivity index (χ2v) is 6.41. The molecule has 2 N–H and O–H groups in total. The van der Waals surface area contributed by atoms with Crippen molar-refractivity contribution < 1.29 is 14.3 Å². The zero-order valence-corrected chi connectivity index (χ0v) is 15.0. The van der Waals surface area contributed by atoms with Gasteiger partial charge in [0.25, 0.3) is 0 Å². The Morgan fingerprint density at radius 1 is 1.12 bits per heavy atom. The Hall–Kier alpha value is -1.85. The molecule has 0 aromatic heterocycles. The van der Waals surface area contributed by atoms with Gasteiger partial charge >= 0.3 is 5.97 Å². The Morgan fingerprint density at radius 2 is 1.79 bits per heavy atom. The molecule has 0 saturated carbocycles. The van der Waals surface area contributed by atoms with Crippen LogP contribution in [0.5, 0.6) is 0 Å². The van der Waals surface area contributed by atoms with Gasteiger partial charge in [0.15, 0.2) is 5.96 Å². The van der Waals surface area contributed by atoms with Crippen LogP contribution in [0.4, 0.5) is 0 Å². The number of rotatable bonds is 0. The molecule has 1 heterocycles. The van der Waals surface area contributed by atoms with Crippen LogP contribution in [-0.2, 0) is 14.3 Å². The van der Waals surface area contributed by atoms with E-state index in [0.29, 0.717) is 6.42 Å². The van der Waals surface area contributed by atoms with Crippen LogP contribution < -0.4 is 5.32 Å². The van der Waals surface area contributed by atoms with Crippen molar-refractivity contribution in [2.45, 2.75) is 70.8 Å². The summed E-state index contributed by atoms with van der Waals surface area (Å²) in [6, 6.07) is 0. The highest BCUT2D eigenvalue weighted by molar-refractivity contribution is 5.96. The second-order valence-electron chi connectivity index (χ2n) is 6.41. The molecular formula is C18H31N3O3. The van der Waals surface area contributed by atoms with Gasteiger partial charge < -0.3 is 9.64 Å². The van der Waals surface area contributed by atoms with E-state index in [0.717, 1.165) is 51.4 Å². The number of esters is 1. The zero-order chi connectivity index (χ0) is 17.8. The summed E-state index contributed by atoms with van der Waals surface area (Å²) in [6.07, 6.45) is 12.7. The summed E-state index contributed by atoms with van der Waals surface area (Å²) in [5.74, 6) is -0.615. The number of likely N-dealkylation sites (N-methyl/N-ethyl adjacent to an activating group) is 1. The minimum Gasteiger partial charge on any atom is -0.461 e. The Bertz CT molecular complexity index is 449. The van der Waals surface area contributed by atoms with Gasteiger partial charge in [-0.2, -0.15) is 0 Å². The maximum absolute atomic E-state index is 11.9. The number of cyclic esters (lactones) is 1. The summed E-state index contributed by atoms with van der Waals surface area (Å²) in [7, 11) is 1.60. The van der Waals surface area contributed by atoms with Crippen molar-refractivity contribution in [1.29, 1.82) is 5.41 Å². The normalized spacial score (nSPS) is 25.0. The standard InChI is InChI=1S/C18H31N3O3/c1-15-12-10-8-6-4-3-5-7-9-11-13-16(22)20-18(19)21(2)14-17(23)24-15/h4,6,15H,3,5,7-14H2,1-2H3,(H2,19,20,22)/b6-4+. The number of carbonyl (C=O) groups is 2. The van der Waals surface area contributed by atoms with E-state index in [1.807, 2.05) is 6.92 Å². The topological polar surface area (TPSA) is 82.5 Å². The first kappa shape index (κ1) is 20.2. The number of ether oxygens (including phenoxy) is 1. The van der Waals surface area contributed by atoms with E-state index in [1.165, 1.54) is 4.90 Å². The first-order valence-electron chi connectivity index (χ1n) is 8.93. The molecule has 1 unspecified atom stereocenters. The van der Waals surface area contributed by atoms with E-state index in [9.17, 15) is 9.59 Å². The molecule has 6 heteroatoms. The quantitative estimate of drug-likeness (QED) is 0.526. The Balaban J connectivity index is 2.53. The van der Waals surface area contributed by atoms with Crippen LogP contribution in [0.25, 0.3) is 0 Å². The smallest absolute Gasteiger partial charge is 0.325 e. The first-order chi connectivity index (χ1) is 11.5. The number of allylic oxidation sites excluding steroid dienone is 2. The highest BCUT2D eigenvalue weighted by atomic mass is 16.5. The third-order valence-corrected chi connectivity index (χ3v) is 4.01. The third-order valence-electron chi connectivity index (χ3n) is 4.01. The molecule has 24 heavy (non-hydrogen) atoms. The molecule has 0 saturated heterocycles. The summed E-state index contributed by atoms with van der Waals surface area (Å²) in [5, 5.41) is 10.4. The van der Waals surface area contributed by atoms with Crippen LogP contribution >= 0.6 is 0 Å². The fraction of sp³-hybridized carbons (Fsp3) is 0.722. The summed E-state index contributed by atoms with van der Waals surface area (Å²) in [4.78, 5) is 25.1. The molecule has 136 valence electrons. The number of hydrogen-bond donors (Lipinski definition) is 2. The van der Waals surface area contributed by atoms with Gasteiger partial charge in [0.2, 0.25) is 5.91 Å². The highest BCUT2D eigenvalue weighted by Crippen LogP contribution is 2.09. The van der Waals surface area contributed by atoms with Crippen LogP contribution in [0.2, 0.25) is 0 Å². The van der Waals surface area contributed by atoms with Crippen molar-refractivity contribution in [1.82, 2.24) is 10.2 Å². The van der Waals surface area contributed by atoms with E-state index >= 15 is 0 Å². The SMILES string of the molecule is CC1CCC/C=C/CCCCCCC(=O)NC(=N)N(C)CC(=O)O1. The van der Waals surface area contributed by atoms with E-state index in [-0.39, 0.29) is 30.5 Å². The van der Waals surface area contributed by atoms with Gasteiger partial charge in [-0.1, -0.05) is 25.0 Å². The van der Waals surface area contributed by atoms with Gasteiger partial charge in [0.05, 0.1) is 6.10 Å². The number of nitrogens with one attached hydrogen (secondary N) is 2. The van der Waals surface area contributed by atoms with E-state index < -0.39 is 0 Å². The summed E-state index contributed by atoms with van der Waals surface area (Å²) in [6.45, 7) is 1.85. The molecule has 0 aromatic carbocycles. The lowest BCUT2D eigenvalue weighted by Crippen LogP contribution is -2.44. The van der Waals surface area contributed by atoms with Gasteiger partial charge in [-0.25, -0.2) is 0 Å². The van der Waals surface area contributed by atoms with Gasteiger partial charge in [-0.3, -0.25) is 20.3 Å². The van der Waals surface area contributed by atoms with Crippen LogP contribution in [0.15, 0.2) is 12.2 Å². The van der Waals surface area contributed by atoms with Crippen LogP contribution in [0.3, 0.4) is 0 Å². The molecule has 0 bridgehead atoms. The van der Waals surface area contributed by atoms with Gasteiger partial charge in [0.1, 0.15) is 6.54 Å². The number of carbonyl (C=O) groups excluding carboxylic acids is 2. The van der Waals surface area contributed by atoms with Crippen molar-refractivity contribution in [2.75, 3.05) is 13.6 Å². The summed E-state index contributed by atoms with van der Waals surface area (Å²) in [5.41, 5.74) is 0. The maximum atomic E-state index is 11.9. The van der Waals surface area contributed by atoms with Crippen molar-refractivity contribution in [3.8, 4) is 0 Å². The van der Waals surface area contributed by atoms with Crippen LogP contribution in [-0.4, -0.2) is 42.4 Å². The molecule has 0 fully saturated rings. The van der Waals surface area contributed by atoms with Crippen molar-refractivity contribution in [3.05, 3.63) is 12.2 Å². The molecular weight excluding hydrogens is 306 g/mol. The average molecular weight is 337 g/mol. The zero-order valence-electron chi connectivity index (χ0n) is 15.0. The molecule has 0 aliphatic carbocycles. The Morgan fingerprint density at radius 3 is 2.54 bits per heavy atom. The predicted molar refractivity (Wildman–Crippen MR) is 94.7 cm³/mol. The molecule has 1 amide bonds. The Kier molecular flexibility index (Phi) is 9.80. The van der Waals surface area contributed by atoms with E-state index in [2.05, 4.69) is 17.5 Å². The minimum absolute atomic E-state index is 0.0383. The lowest BCUT2D eigenvalue weighted by Gasteiger charge is -2.20. The summed E-state index contributed by atoms with van der Waals surface area (Å²) >= 11 is 0. The molecule has 0 spiro atoms. The molecule has 0 aromatic rings. The van der Waals surface area contributed by atoms with E-state index in [4.69, 9.17) is 10.1 Å². The second kappa shape index (κ2) is 11.6. The highest BCUT2D eigenvalue weighted by Gasteiger charge is 2.15. The van der Waals surface area contributed by atoms with Gasteiger partial charge in [0, 0.05) is 13.5 Å². The first-order valence-corrected chi connectivity index (χ1v) is 8.93. The average Bonchev–Trinajstić information content (AvgIpc) is 2.51. The molecule has 1 aliphatic rings. The minimum atomic E-state index is -0.377. The lowest BCUT2D eigenvalue weighted by molar-refractivity contribution is -0.148. The molecule has 1 aliphatic heterocycles. The maximum Gasteiger partial charge on any atom is 0.325 e. The predicted octanol–water partition coefficient (Wildman–Crippen LogP) is 2.98. The molecule has 1 atom stereocenters. The van der Waals surface area contributed by atoms with Crippen LogP contribution in [0.1, 0.15) is 64.7 Å². The fourth-order valence-electron chi connectivity index (χ4n) is 2.54. The largest absolute Gasteiger partial charge is 0.461 e. The van der Waals surface area contributed by atoms with E-state index in [1.54, 1.807) is 7.05 Å². The lowest BCUT2D eigenvalue weighted by atomic mass is 10.1. The Labute approximate surface area is 145 Å². The number of amides is 1. The van der Waals surface area contributed by atoms with Crippen molar-refractivity contribution in [2.24, 2.45) is 0 Å². The fourth-order valence-corrected chi connectivity index (χ4v) is 2.54. The third kappa shape index (κ3) is 9.33. The van der Waals surface area contributed by atoms with Crippen molar-refractivity contribution >= 4 is 17.8 Å². The number of nitrogens with zero attached hydrogens (tertiary/aromatic N) is 1. The van der Waals surface area contributed by atoms with Gasteiger partial charge in [-0.15, -0.1) is 0 Å². The molecule has 1 rings (SSSR count).